The van der Waals surface area contributed by atoms with E-state index in [1.807, 2.05) is 12.1 Å². The standard InChI is InChI=1S/C19H21F3N4O2/c1-2-28-15-3-4-17(16(13-15)19(20,21)22)24-18(27)26-11-9-25(10-12-26)14-5-7-23-8-6-14/h3-8,13H,2,9-12H2,1H3,(H,24,27). The topological polar surface area (TPSA) is 57.7 Å². The number of urea groups is 1. The minimum Gasteiger partial charge on any atom is -0.494 e. The van der Waals surface area contributed by atoms with E-state index >= 15 is 0 Å². The minimum absolute atomic E-state index is 0.110. The summed E-state index contributed by atoms with van der Waals surface area (Å²) in [7, 11) is 0. The molecule has 150 valence electrons. The number of halogens is 3. The molecular weight excluding hydrogens is 373 g/mol. The molecular formula is C19H21F3N4O2. The van der Waals surface area contributed by atoms with E-state index in [1.165, 1.54) is 17.0 Å². The van der Waals surface area contributed by atoms with Gasteiger partial charge in [0.05, 0.1) is 17.9 Å². The van der Waals surface area contributed by atoms with Crippen molar-refractivity contribution in [3.05, 3.63) is 48.3 Å². The lowest BCUT2D eigenvalue weighted by molar-refractivity contribution is -0.137. The molecule has 1 aliphatic rings. The second kappa shape index (κ2) is 8.37. The number of ether oxygens (including phenoxy) is 1. The van der Waals surface area contributed by atoms with Gasteiger partial charge < -0.3 is 19.9 Å². The third-order valence-electron chi connectivity index (χ3n) is 4.44. The first-order valence-corrected chi connectivity index (χ1v) is 8.93. The number of nitrogens with one attached hydrogen (secondary N) is 1. The van der Waals surface area contributed by atoms with E-state index < -0.39 is 17.8 Å². The van der Waals surface area contributed by atoms with Crippen LogP contribution >= 0.6 is 0 Å². The van der Waals surface area contributed by atoms with Gasteiger partial charge in [0, 0.05) is 44.3 Å². The van der Waals surface area contributed by atoms with E-state index in [0.717, 1.165) is 11.8 Å². The van der Waals surface area contributed by atoms with E-state index in [1.54, 1.807) is 19.3 Å². The van der Waals surface area contributed by atoms with Gasteiger partial charge in [-0.25, -0.2) is 4.79 Å². The number of hydrogen-bond acceptors (Lipinski definition) is 4. The molecule has 9 heteroatoms. The largest absolute Gasteiger partial charge is 0.494 e. The molecule has 0 spiro atoms. The third kappa shape index (κ3) is 4.65. The Morgan fingerprint density at radius 2 is 1.82 bits per heavy atom. The normalized spacial score (nSPS) is 14.7. The number of amides is 2. The van der Waals surface area contributed by atoms with Crippen molar-refractivity contribution in [3.8, 4) is 5.75 Å². The summed E-state index contributed by atoms with van der Waals surface area (Å²) in [5, 5.41) is 2.39. The molecule has 0 atom stereocenters. The Bertz CT molecular complexity index is 807. The molecule has 0 saturated carbocycles. The Morgan fingerprint density at radius 3 is 2.43 bits per heavy atom. The van der Waals surface area contributed by atoms with Gasteiger partial charge in [-0.2, -0.15) is 13.2 Å². The summed E-state index contributed by atoms with van der Waals surface area (Å²) in [6.45, 7) is 3.94. The van der Waals surface area contributed by atoms with Crippen LogP contribution in [0, 0.1) is 0 Å². The van der Waals surface area contributed by atoms with E-state index in [9.17, 15) is 18.0 Å². The van der Waals surface area contributed by atoms with Crippen LogP contribution in [0.4, 0.5) is 29.3 Å². The van der Waals surface area contributed by atoms with Crippen molar-refractivity contribution in [2.45, 2.75) is 13.1 Å². The molecule has 0 bridgehead atoms. The summed E-state index contributed by atoms with van der Waals surface area (Å²) in [5.41, 5.74) is -0.208. The number of benzene rings is 1. The summed E-state index contributed by atoms with van der Waals surface area (Å²) in [5.74, 6) is 0.110. The maximum Gasteiger partial charge on any atom is 0.418 e. The van der Waals surface area contributed by atoms with E-state index in [2.05, 4.69) is 15.2 Å². The van der Waals surface area contributed by atoms with E-state index in [0.29, 0.717) is 26.2 Å². The molecule has 6 nitrogen and oxygen atoms in total. The van der Waals surface area contributed by atoms with Crippen LogP contribution in [0.2, 0.25) is 0 Å². The summed E-state index contributed by atoms with van der Waals surface area (Å²) < 4.78 is 45.2. The molecule has 1 aromatic carbocycles. The molecule has 28 heavy (non-hydrogen) atoms. The van der Waals surface area contributed by atoms with Crippen molar-refractivity contribution in [3.63, 3.8) is 0 Å². The number of pyridine rings is 1. The number of anilines is 2. The number of rotatable bonds is 4. The number of alkyl halides is 3. The molecule has 0 unspecified atom stereocenters. The van der Waals surface area contributed by atoms with Crippen molar-refractivity contribution >= 4 is 17.4 Å². The zero-order valence-electron chi connectivity index (χ0n) is 15.4. The fourth-order valence-corrected chi connectivity index (χ4v) is 3.04. The summed E-state index contributed by atoms with van der Waals surface area (Å²) >= 11 is 0. The van der Waals surface area contributed by atoms with Crippen LogP contribution in [0.3, 0.4) is 0 Å². The van der Waals surface area contributed by atoms with Gasteiger partial charge in [0.25, 0.3) is 0 Å². The van der Waals surface area contributed by atoms with Crippen LogP contribution in [-0.4, -0.2) is 48.7 Å². The maximum atomic E-state index is 13.4. The molecule has 1 fully saturated rings. The van der Waals surface area contributed by atoms with Gasteiger partial charge >= 0.3 is 12.2 Å². The predicted octanol–water partition coefficient (Wildman–Crippen LogP) is 3.85. The molecule has 2 heterocycles. The predicted molar refractivity (Wildman–Crippen MR) is 99.7 cm³/mol. The lowest BCUT2D eigenvalue weighted by Gasteiger charge is -2.36. The van der Waals surface area contributed by atoms with Gasteiger partial charge in [-0.1, -0.05) is 0 Å². The Labute approximate surface area is 160 Å². The van der Waals surface area contributed by atoms with Gasteiger partial charge in [-0.3, -0.25) is 4.98 Å². The van der Waals surface area contributed by atoms with Crippen molar-refractivity contribution in [1.82, 2.24) is 9.88 Å². The fraction of sp³-hybridized carbons (Fsp3) is 0.368. The summed E-state index contributed by atoms with van der Waals surface area (Å²) in [6, 6.07) is 6.75. The zero-order valence-corrected chi connectivity index (χ0v) is 15.4. The van der Waals surface area contributed by atoms with E-state index in [-0.39, 0.29) is 18.0 Å². The fourth-order valence-electron chi connectivity index (χ4n) is 3.04. The van der Waals surface area contributed by atoms with E-state index in [4.69, 9.17) is 4.74 Å². The highest BCUT2D eigenvalue weighted by Gasteiger charge is 2.35. The third-order valence-corrected chi connectivity index (χ3v) is 4.44. The lowest BCUT2D eigenvalue weighted by atomic mass is 10.1. The van der Waals surface area contributed by atoms with Crippen molar-refractivity contribution in [2.75, 3.05) is 43.0 Å². The summed E-state index contributed by atoms with van der Waals surface area (Å²) in [6.07, 6.45) is -1.21. The van der Waals surface area contributed by atoms with Gasteiger partial charge in [0.1, 0.15) is 5.75 Å². The van der Waals surface area contributed by atoms with Crippen LogP contribution < -0.4 is 15.0 Å². The number of carbonyl (C=O) groups excluding carboxylic acids is 1. The molecule has 1 aliphatic heterocycles. The second-order valence-electron chi connectivity index (χ2n) is 6.25. The minimum atomic E-state index is -4.60. The SMILES string of the molecule is CCOc1ccc(NC(=O)N2CCN(c3ccncc3)CC2)c(C(F)(F)F)c1. The first kappa shape index (κ1) is 19.8. The quantitative estimate of drug-likeness (QED) is 0.856. The molecule has 3 rings (SSSR count). The average Bonchev–Trinajstić information content (AvgIpc) is 2.69. The molecule has 1 saturated heterocycles. The number of aromatic nitrogens is 1. The van der Waals surface area contributed by atoms with Gasteiger partial charge in [-0.15, -0.1) is 0 Å². The first-order valence-electron chi connectivity index (χ1n) is 8.93. The van der Waals surface area contributed by atoms with Crippen molar-refractivity contribution in [2.24, 2.45) is 0 Å². The number of nitrogens with zero attached hydrogens (tertiary/aromatic N) is 3. The van der Waals surface area contributed by atoms with Crippen LogP contribution in [-0.2, 0) is 6.18 Å². The second-order valence-corrected chi connectivity index (χ2v) is 6.25. The van der Waals surface area contributed by atoms with Gasteiger partial charge in [-0.05, 0) is 37.3 Å². The molecule has 0 aliphatic carbocycles. The molecule has 2 aromatic rings. The van der Waals surface area contributed by atoms with Crippen molar-refractivity contribution in [1.29, 1.82) is 0 Å². The number of carbonyl (C=O) groups is 1. The van der Waals surface area contributed by atoms with Crippen LogP contribution in [0.25, 0.3) is 0 Å². The molecule has 1 aromatic heterocycles. The monoisotopic (exact) mass is 394 g/mol. The molecule has 1 N–H and O–H groups in total. The number of hydrogen-bond donors (Lipinski definition) is 1. The molecule has 2 amide bonds. The summed E-state index contributed by atoms with van der Waals surface area (Å²) in [4.78, 5) is 20.1. The Kier molecular flexibility index (Phi) is 5.91. The number of piperazine rings is 1. The highest BCUT2D eigenvalue weighted by atomic mass is 19.4. The highest BCUT2D eigenvalue weighted by molar-refractivity contribution is 5.90. The maximum absolute atomic E-state index is 13.4. The average molecular weight is 394 g/mol. The highest BCUT2D eigenvalue weighted by Crippen LogP contribution is 2.37. The van der Waals surface area contributed by atoms with Gasteiger partial charge in [0.2, 0.25) is 0 Å². The lowest BCUT2D eigenvalue weighted by Crippen LogP contribution is -2.50. The first-order chi connectivity index (χ1) is 13.4. The van der Waals surface area contributed by atoms with Gasteiger partial charge in [0.15, 0.2) is 0 Å². The van der Waals surface area contributed by atoms with Crippen LogP contribution in [0.15, 0.2) is 42.7 Å². The smallest absolute Gasteiger partial charge is 0.418 e. The Balaban J connectivity index is 1.66. The Hall–Kier alpha value is -2.97. The molecule has 0 radical (unpaired) electrons. The van der Waals surface area contributed by atoms with Crippen LogP contribution in [0.1, 0.15) is 12.5 Å². The Morgan fingerprint density at radius 1 is 1.14 bits per heavy atom. The van der Waals surface area contributed by atoms with Crippen molar-refractivity contribution < 1.29 is 22.7 Å². The van der Waals surface area contributed by atoms with Crippen LogP contribution in [0.5, 0.6) is 5.75 Å². The zero-order chi connectivity index (χ0) is 20.1.